The summed E-state index contributed by atoms with van der Waals surface area (Å²) in [5.41, 5.74) is 11.1. The molecule has 4 aromatic carbocycles. The molecular formula is C22H18N6O7S2. The van der Waals surface area contributed by atoms with E-state index in [1.807, 2.05) is 0 Å². The first-order valence-electron chi connectivity index (χ1n) is 10.2. The molecular weight excluding hydrogens is 524 g/mol. The highest BCUT2D eigenvalue weighted by atomic mass is 32.2. The zero-order valence-corrected chi connectivity index (χ0v) is 20.2. The van der Waals surface area contributed by atoms with Gasteiger partial charge in [-0.3, -0.25) is 9.11 Å². The topological polar surface area (TPSA) is 230 Å². The molecule has 0 radical (unpaired) electrons. The van der Waals surface area contributed by atoms with E-state index in [1.165, 1.54) is 24.3 Å². The Hall–Kier alpha value is -4.44. The first kappa shape index (κ1) is 25.6. The smallest absolute Gasteiger partial charge is 0.296 e. The Morgan fingerprint density at radius 1 is 0.649 bits per heavy atom. The molecule has 0 aromatic heterocycles. The molecule has 0 aliphatic rings. The lowest BCUT2D eigenvalue weighted by atomic mass is 10.1. The maximum atomic E-state index is 12.1. The van der Waals surface area contributed by atoms with Crippen molar-refractivity contribution in [2.45, 2.75) is 9.79 Å². The predicted octanol–water partition coefficient (Wildman–Crippen LogP) is 5.03. The van der Waals surface area contributed by atoms with Crippen molar-refractivity contribution in [1.29, 1.82) is 0 Å². The van der Waals surface area contributed by atoms with E-state index in [0.29, 0.717) is 11.4 Å². The third-order valence-corrected chi connectivity index (χ3v) is 6.78. The Morgan fingerprint density at radius 3 is 1.68 bits per heavy atom. The summed E-state index contributed by atoms with van der Waals surface area (Å²) < 4.78 is 67.9. The van der Waals surface area contributed by atoms with E-state index in [4.69, 9.17) is 11.5 Å². The number of nitrogens with two attached hydrogens (primary N) is 2. The lowest BCUT2D eigenvalue weighted by Crippen LogP contribution is -2.03. The van der Waals surface area contributed by atoms with Crippen LogP contribution in [0.1, 0.15) is 0 Å². The van der Waals surface area contributed by atoms with E-state index in [-0.39, 0.29) is 16.5 Å². The van der Waals surface area contributed by atoms with Crippen LogP contribution < -0.4 is 11.5 Å². The second-order valence-electron chi connectivity index (χ2n) is 7.58. The zero-order chi connectivity index (χ0) is 27.0. The second-order valence-corrected chi connectivity index (χ2v) is 10.4. The van der Waals surface area contributed by atoms with Gasteiger partial charge in [0.1, 0.15) is 21.2 Å². The van der Waals surface area contributed by atoms with E-state index < -0.39 is 52.8 Å². The van der Waals surface area contributed by atoms with Gasteiger partial charge in [0.2, 0.25) is 0 Å². The van der Waals surface area contributed by atoms with Crippen LogP contribution in [0.4, 0.5) is 34.1 Å². The van der Waals surface area contributed by atoms with Crippen molar-refractivity contribution >= 4 is 65.1 Å². The van der Waals surface area contributed by atoms with Crippen LogP contribution in [-0.2, 0) is 20.2 Å². The van der Waals surface area contributed by atoms with Gasteiger partial charge < -0.3 is 16.6 Å². The fourth-order valence-corrected chi connectivity index (χ4v) is 4.68. The van der Waals surface area contributed by atoms with E-state index >= 15 is 0 Å². The quantitative estimate of drug-likeness (QED) is 0.125. The molecule has 0 aliphatic carbocycles. The fourth-order valence-electron chi connectivity index (χ4n) is 3.36. The van der Waals surface area contributed by atoms with Gasteiger partial charge in [-0.05, 0) is 53.9 Å². The Morgan fingerprint density at radius 2 is 1.14 bits per heavy atom. The maximum Gasteiger partial charge on any atom is 0.296 e. The van der Waals surface area contributed by atoms with Crippen LogP contribution in [0.5, 0.6) is 5.75 Å². The number of anilines is 2. The van der Waals surface area contributed by atoms with Crippen molar-refractivity contribution in [2.75, 3.05) is 11.5 Å². The van der Waals surface area contributed by atoms with Crippen LogP contribution in [0.2, 0.25) is 0 Å². The number of azo groups is 2. The fraction of sp³-hybridized carbons (Fsp3) is 0. The number of phenolic OH excluding ortho intramolecular Hbond substituents is 1. The molecule has 190 valence electrons. The van der Waals surface area contributed by atoms with Gasteiger partial charge in [0.05, 0.1) is 22.4 Å². The first-order valence-corrected chi connectivity index (χ1v) is 13.1. The lowest BCUT2D eigenvalue weighted by molar-refractivity contribution is 0.472. The normalized spacial score (nSPS) is 12.6. The van der Waals surface area contributed by atoms with Crippen molar-refractivity contribution in [3.05, 3.63) is 66.7 Å². The van der Waals surface area contributed by atoms with E-state index in [2.05, 4.69) is 20.5 Å². The monoisotopic (exact) mass is 542 g/mol. The van der Waals surface area contributed by atoms with Crippen molar-refractivity contribution in [1.82, 2.24) is 0 Å². The Bertz CT molecular complexity index is 1790. The summed E-state index contributed by atoms with van der Waals surface area (Å²) in [6.07, 6.45) is 0. The van der Waals surface area contributed by atoms with Gasteiger partial charge in [-0.25, -0.2) is 0 Å². The van der Waals surface area contributed by atoms with Crippen molar-refractivity contribution in [3.8, 4) is 5.75 Å². The average Bonchev–Trinajstić information content (AvgIpc) is 2.82. The van der Waals surface area contributed by atoms with Gasteiger partial charge in [0.15, 0.2) is 5.75 Å². The summed E-state index contributed by atoms with van der Waals surface area (Å²) in [6, 6.07) is 15.8. The molecule has 4 rings (SSSR count). The molecule has 7 N–H and O–H groups in total. The molecule has 0 amide bonds. The van der Waals surface area contributed by atoms with Crippen molar-refractivity contribution < 1.29 is 31.0 Å². The second kappa shape index (κ2) is 9.55. The standard InChI is InChI=1S/C22H18N6O7S2/c23-13-6-8-15(9-7-13)26-27-20-16(36(30,31)32)10-12-11-17(37(33,34)35)21(22(29)18(12)19(20)24)28-25-14-4-2-1-3-5-14/h1-11,29H,23-24H2,(H,30,31,32)(H,33,34,35). The number of rotatable bonds is 6. The number of benzene rings is 4. The van der Waals surface area contributed by atoms with Crippen LogP contribution in [0.3, 0.4) is 0 Å². The predicted molar refractivity (Wildman–Crippen MR) is 135 cm³/mol. The minimum atomic E-state index is -4.99. The van der Waals surface area contributed by atoms with E-state index in [1.54, 1.807) is 30.3 Å². The van der Waals surface area contributed by atoms with Gasteiger partial charge in [0, 0.05) is 5.69 Å². The molecule has 0 saturated carbocycles. The van der Waals surface area contributed by atoms with Gasteiger partial charge in [0.25, 0.3) is 20.2 Å². The summed E-state index contributed by atoms with van der Waals surface area (Å²) in [5, 5.41) is 25.8. The molecule has 13 nitrogen and oxygen atoms in total. The highest BCUT2D eigenvalue weighted by Crippen LogP contribution is 2.48. The number of nitrogen functional groups attached to an aromatic ring is 2. The van der Waals surface area contributed by atoms with Crippen LogP contribution in [0.15, 0.2) is 97.0 Å². The Kier molecular flexibility index (Phi) is 6.62. The Labute approximate surface area is 210 Å². The molecule has 0 spiro atoms. The lowest BCUT2D eigenvalue weighted by Gasteiger charge is -2.14. The minimum Gasteiger partial charge on any atom is -0.505 e. The molecule has 37 heavy (non-hydrogen) atoms. The molecule has 0 aliphatic heterocycles. The molecule has 15 heteroatoms. The molecule has 0 atom stereocenters. The number of hydrogen-bond donors (Lipinski definition) is 5. The largest absolute Gasteiger partial charge is 0.505 e. The van der Waals surface area contributed by atoms with Gasteiger partial charge in [-0.2, -0.15) is 27.1 Å². The molecule has 4 aromatic rings. The van der Waals surface area contributed by atoms with Gasteiger partial charge >= 0.3 is 0 Å². The third kappa shape index (κ3) is 5.39. The van der Waals surface area contributed by atoms with Crippen LogP contribution in [-0.4, -0.2) is 31.0 Å². The number of nitrogens with zero attached hydrogens (tertiary/aromatic N) is 4. The highest BCUT2D eigenvalue weighted by Gasteiger charge is 2.27. The summed E-state index contributed by atoms with van der Waals surface area (Å²) >= 11 is 0. The number of fused-ring (bicyclic) bond motifs is 1. The summed E-state index contributed by atoms with van der Waals surface area (Å²) in [7, 11) is -9.96. The van der Waals surface area contributed by atoms with Gasteiger partial charge in [-0.1, -0.05) is 18.2 Å². The maximum absolute atomic E-state index is 12.1. The number of aromatic hydroxyl groups is 1. The molecule has 0 fully saturated rings. The third-order valence-electron chi connectivity index (χ3n) is 5.05. The van der Waals surface area contributed by atoms with Gasteiger partial charge in [-0.15, -0.1) is 10.2 Å². The molecule has 0 heterocycles. The van der Waals surface area contributed by atoms with Crippen LogP contribution >= 0.6 is 0 Å². The summed E-state index contributed by atoms with van der Waals surface area (Å²) in [6.45, 7) is 0. The zero-order valence-electron chi connectivity index (χ0n) is 18.6. The van der Waals surface area contributed by atoms with E-state index in [9.17, 15) is 31.0 Å². The summed E-state index contributed by atoms with van der Waals surface area (Å²) in [5.74, 6) is -0.840. The van der Waals surface area contributed by atoms with Crippen LogP contribution in [0.25, 0.3) is 10.8 Å². The number of phenols is 1. The van der Waals surface area contributed by atoms with E-state index in [0.717, 1.165) is 12.1 Å². The van der Waals surface area contributed by atoms with Crippen LogP contribution in [0, 0.1) is 0 Å². The van der Waals surface area contributed by atoms with Crippen molar-refractivity contribution in [2.24, 2.45) is 20.5 Å². The molecule has 0 bridgehead atoms. The molecule has 0 unspecified atom stereocenters. The van der Waals surface area contributed by atoms with Crippen molar-refractivity contribution in [3.63, 3.8) is 0 Å². The highest BCUT2D eigenvalue weighted by molar-refractivity contribution is 7.86. The minimum absolute atomic E-state index is 0.262. The number of hydrogen-bond acceptors (Lipinski definition) is 11. The first-order chi connectivity index (χ1) is 17.4. The summed E-state index contributed by atoms with van der Waals surface area (Å²) in [4.78, 5) is -1.70. The SMILES string of the molecule is Nc1ccc(N=Nc2c(S(=O)(=O)O)cc3cc(S(=O)(=O)O)c(N=Nc4ccccc4)c(O)c3c2N)cc1. The molecule has 0 saturated heterocycles. The Balaban J connectivity index is 2.03. The average molecular weight is 543 g/mol.